The van der Waals surface area contributed by atoms with Gasteiger partial charge in [-0.05, 0) is 64.2 Å². The third kappa shape index (κ3) is 44.7. The first-order valence-electron chi connectivity index (χ1n) is 26.6. The summed E-state index contributed by atoms with van der Waals surface area (Å²) in [5, 5.41) is 33.7. The van der Waals surface area contributed by atoms with E-state index in [0.29, 0.717) is 12.8 Å². The Labute approximate surface area is 369 Å². The molecule has 1 amide bonds. The number of rotatable bonds is 49. The van der Waals surface area contributed by atoms with Crippen LogP contribution in [0.25, 0.3) is 0 Å². The number of carbonyl (C=O) groups is 1. The van der Waals surface area contributed by atoms with Gasteiger partial charge in [0.05, 0.1) is 18.8 Å². The molecular weight excluding hydrogens is 727 g/mol. The second-order valence-corrected chi connectivity index (χ2v) is 18.4. The fourth-order valence-electron chi connectivity index (χ4n) is 8.40. The van der Waals surface area contributed by atoms with Crippen molar-refractivity contribution in [2.24, 2.45) is 0 Å². The lowest BCUT2D eigenvalue weighted by Gasteiger charge is -2.26. The lowest BCUT2D eigenvalue weighted by Crippen LogP contribution is -2.50. The molecule has 0 aliphatic rings. The monoisotopic (exact) mass is 832 g/mol. The van der Waals surface area contributed by atoms with Crippen molar-refractivity contribution in [1.82, 2.24) is 5.32 Å². The molecule has 5 nitrogen and oxygen atoms in total. The van der Waals surface area contributed by atoms with E-state index in [1.54, 1.807) is 0 Å². The Morgan fingerprint density at radius 2 is 0.678 bits per heavy atom. The fraction of sp³-hybridized carbons (Fsp3) is 0.907. The van der Waals surface area contributed by atoms with Crippen LogP contribution >= 0.6 is 0 Å². The van der Waals surface area contributed by atoms with Crippen LogP contribution in [0.15, 0.2) is 24.3 Å². The first kappa shape index (κ1) is 57.8. The molecule has 350 valence electrons. The van der Waals surface area contributed by atoms with Crippen molar-refractivity contribution in [1.29, 1.82) is 0 Å². The van der Waals surface area contributed by atoms with Crippen molar-refractivity contribution < 1.29 is 20.1 Å². The Bertz CT molecular complexity index is 874. The molecule has 0 aromatic carbocycles. The predicted molar refractivity (Wildman–Crippen MR) is 259 cm³/mol. The maximum atomic E-state index is 12.5. The zero-order chi connectivity index (χ0) is 43.0. The van der Waals surface area contributed by atoms with Gasteiger partial charge in [0, 0.05) is 6.42 Å². The van der Waals surface area contributed by atoms with E-state index in [0.717, 1.165) is 38.5 Å². The van der Waals surface area contributed by atoms with Gasteiger partial charge >= 0.3 is 0 Å². The topological polar surface area (TPSA) is 89.8 Å². The summed E-state index contributed by atoms with van der Waals surface area (Å²) >= 11 is 0. The van der Waals surface area contributed by atoms with E-state index >= 15 is 0 Å². The van der Waals surface area contributed by atoms with Crippen LogP contribution in [0.3, 0.4) is 0 Å². The van der Waals surface area contributed by atoms with Crippen molar-refractivity contribution in [3.63, 3.8) is 0 Å². The molecule has 5 heteroatoms. The van der Waals surface area contributed by atoms with Crippen molar-refractivity contribution in [3.8, 4) is 0 Å². The zero-order valence-corrected chi connectivity index (χ0v) is 39.9. The number of amides is 1. The molecule has 0 saturated carbocycles. The van der Waals surface area contributed by atoms with Crippen LogP contribution in [0.1, 0.15) is 290 Å². The number of aliphatic hydroxyl groups is 3. The number of hydrogen-bond acceptors (Lipinski definition) is 4. The van der Waals surface area contributed by atoms with Crippen LogP contribution in [-0.4, -0.2) is 46.1 Å². The second kappa shape index (κ2) is 49.5. The van der Waals surface area contributed by atoms with E-state index in [2.05, 4.69) is 43.5 Å². The summed E-state index contributed by atoms with van der Waals surface area (Å²) in [6.07, 6.45) is 61.8. The molecule has 0 rings (SSSR count). The van der Waals surface area contributed by atoms with Crippen LogP contribution in [0.5, 0.6) is 0 Å². The summed E-state index contributed by atoms with van der Waals surface area (Å²) in [6.45, 7) is 4.20. The van der Waals surface area contributed by atoms with Gasteiger partial charge in [0.1, 0.15) is 6.10 Å². The third-order valence-corrected chi connectivity index (χ3v) is 12.5. The SMILES string of the molecule is CCCCCCCCCCCCCC/C=C\CCCCCCCCCCCCC(=O)NC(CO)C(O)C(O)CCC/C=C/CCCCCCCCCCCCCCCC. The minimum absolute atomic E-state index is 0.152. The first-order chi connectivity index (χ1) is 29.1. The number of aliphatic hydroxyl groups excluding tert-OH is 3. The van der Waals surface area contributed by atoms with Crippen molar-refractivity contribution in [2.45, 2.75) is 308 Å². The largest absolute Gasteiger partial charge is 0.394 e. The summed E-state index contributed by atoms with van der Waals surface area (Å²) in [5.41, 5.74) is 0. The lowest BCUT2D eigenvalue weighted by atomic mass is 10.0. The highest BCUT2D eigenvalue weighted by Crippen LogP contribution is 2.17. The lowest BCUT2D eigenvalue weighted by molar-refractivity contribution is -0.124. The number of hydrogen-bond donors (Lipinski definition) is 4. The van der Waals surface area contributed by atoms with Gasteiger partial charge in [0.25, 0.3) is 0 Å². The van der Waals surface area contributed by atoms with Crippen molar-refractivity contribution in [2.75, 3.05) is 6.61 Å². The maximum Gasteiger partial charge on any atom is 0.220 e. The molecule has 3 unspecified atom stereocenters. The van der Waals surface area contributed by atoms with E-state index in [1.807, 2.05) is 0 Å². The third-order valence-electron chi connectivity index (χ3n) is 12.5. The van der Waals surface area contributed by atoms with Gasteiger partial charge in [-0.3, -0.25) is 4.79 Å². The summed E-state index contributed by atoms with van der Waals surface area (Å²) < 4.78 is 0. The average molecular weight is 832 g/mol. The highest BCUT2D eigenvalue weighted by atomic mass is 16.3. The number of unbranched alkanes of at least 4 members (excludes halogenated alkanes) is 37. The molecule has 0 aliphatic heterocycles. The Kier molecular flexibility index (Phi) is 48.5. The van der Waals surface area contributed by atoms with Gasteiger partial charge in [-0.2, -0.15) is 0 Å². The minimum Gasteiger partial charge on any atom is -0.394 e. The number of allylic oxidation sites excluding steroid dienone is 4. The molecular formula is C54H105NO4. The quantitative estimate of drug-likeness (QED) is 0.0363. The molecule has 4 N–H and O–H groups in total. The van der Waals surface area contributed by atoms with Crippen LogP contribution in [0.4, 0.5) is 0 Å². The smallest absolute Gasteiger partial charge is 0.220 e. The Morgan fingerprint density at radius 1 is 0.407 bits per heavy atom. The molecule has 0 saturated heterocycles. The number of carbonyl (C=O) groups excluding carboxylic acids is 1. The first-order valence-corrected chi connectivity index (χ1v) is 26.6. The van der Waals surface area contributed by atoms with Gasteiger partial charge in [0.15, 0.2) is 0 Å². The minimum atomic E-state index is -1.16. The zero-order valence-electron chi connectivity index (χ0n) is 39.9. The van der Waals surface area contributed by atoms with Gasteiger partial charge in [-0.25, -0.2) is 0 Å². The Morgan fingerprint density at radius 3 is 0.983 bits per heavy atom. The second-order valence-electron chi connectivity index (χ2n) is 18.4. The molecule has 0 heterocycles. The normalized spacial score (nSPS) is 13.5. The van der Waals surface area contributed by atoms with E-state index in [4.69, 9.17) is 0 Å². The molecule has 0 aromatic heterocycles. The van der Waals surface area contributed by atoms with E-state index in [1.165, 1.54) is 225 Å². The number of nitrogens with one attached hydrogen (secondary N) is 1. The van der Waals surface area contributed by atoms with Gasteiger partial charge < -0.3 is 20.6 Å². The summed E-state index contributed by atoms with van der Waals surface area (Å²) in [7, 11) is 0. The van der Waals surface area contributed by atoms with E-state index in [-0.39, 0.29) is 12.5 Å². The van der Waals surface area contributed by atoms with Crippen LogP contribution in [0.2, 0.25) is 0 Å². The van der Waals surface area contributed by atoms with Crippen LogP contribution < -0.4 is 5.32 Å². The van der Waals surface area contributed by atoms with Crippen LogP contribution in [-0.2, 0) is 4.79 Å². The van der Waals surface area contributed by atoms with Gasteiger partial charge in [-0.1, -0.05) is 244 Å². The van der Waals surface area contributed by atoms with E-state index < -0.39 is 18.2 Å². The van der Waals surface area contributed by atoms with Crippen molar-refractivity contribution >= 4 is 5.91 Å². The Balaban J connectivity index is 3.57. The molecule has 59 heavy (non-hydrogen) atoms. The van der Waals surface area contributed by atoms with Gasteiger partial charge in [0.2, 0.25) is 5.91 Å². The maximum absolute atomic E-state index is 12.5. The summed E-state index contributed by atoms with van der Waals surface area (Å²) in [4.78, 5) is 12.5. The predicted octanol–water partition coefficient (Wildman–Crippen LogP) is 16.1. The molecule has 0 fully saturated rings. The molecule has 0 radical (unpaired) electrons. The summed E-state index contributed by atoms with van der Waals surface area (Å²) in [5.74, 6) is -0.152. The summed E-state index contributed by atoms with van der Waals surface area (Å²) in [6, 6.07) is -0.826. The average Bonchev–Trinajstić information content (AvgIpc) is 3.24. The molecule has 0 aromatic rings. The highest BCUT2D eigenvalue weighted by molar-refractivity contribution is 5.76. The van der Waals surface area contributed by atoms with Gasteiger partial charge in [-0.15, -0.1) is 0 Å². The Hall–Kier alpha value is -1.17. The van der Waals surface area contributed by atoms with Crippen molar-refractivity contribution in [3.05, 3.63) is 24.3 Å². The molecule has 3 atom stereocenters. The highest BCUT2D eigenvalue weighted by Gasteiger charge is 2.26. The molecule has 0 aliphatic carbocycles. The fourth-order valence-corrected chi connectivity index (χ4v) is 8.40. The van der Waals surface area contributed by atoms with E-state index in [9.17, 15) is 20.1 Å². The molecule has 0 bridgehead atoms. The van der Waals surface area contributed by atoms with Crippen LogP contribution in [0, 0.1) is 0 Å². The standard InChI is InChI=1S/C54H105NO4/c1-3-5-7-9-11-13-15-17-19-21-23-24-25-26-27-28-29-31-33-35-37-39-41-43-45-47-49-53(58)55-51(50-56)54(59)52(57)48-46-44-42-40-38-36-34-32-30-22-20-18-16-14-12-10-8-6-4-2/h26-27,40,42,51-52,54,56-57,59H,3-25,28-39,41,43-50H2,1-2H3,(H,55,58)/b27-26-,42-40+. The molecule has 0 spiro atoms.